The first-order valence-electron chi connectivity index (χ1n) is 5.05. The van der Waals surface area contributed by atoms with Crippen molar-refractivity contribution < 1.29 is 9.90 Å². The zero-order valence-electron chi connectivity index (χ0n) is 8.53. The van der Waals surface area contributed by atoms with Crippen LogP contribution < -0.4 is 0 Å². The van der Waals surface area contributed by atoms with Crippen LogP contribution in [0.15, 0.2) is 28.7 Å². The first-order chi connectivity index (χ1) is 7.06. The van der Waals surface area contributed by atoms with Crippen molar-refractivity contribution in [3.63, 3.8) is 0 Å². The highest BCUT2D eigenvalue weighted by atomic mass is 79.9. The van der Waals surface area contributed by atoms with Crippen molar-refractivity contribution >= 4 is 21.9 Å². The van der Waals surface area contributed by atoms with Gasteiger partial charge < -0.3 is 5.11 Å². The molecule has 1 atom stereocenters. The zero-order valence-corrected chi connectivity index (χ0v) is 10.1. The van der Waals surface area contributed by atoms with E-state index in [1.807, 2.05) is 31.2 Å². The Labute approximate surface area is 97.4 Å². The van der Waals surface area contributed by atoms with Crippen molar-refractivity contribution in [2.75, 3.05) is 0 Å². The maximum absolute atomic E-state index is 11.4. The molecule has 1 fully saturated rings. The average molecular weight is 269 g/mol. The highest BCUT2D eigenvalue weighted by Gasteiger charge is 2.49. The molecule has 1 aliphatic carbocycles. The highest BCUT2D eigenvalue weighted by Crippen LogP contribution is 2.49. The normalized spacial score (nSPS) is 19.6. The molecule has 80 valence electrons. The number of benzene rings is 1. The Morgan fingerprint density at radius 2 is 2.07 bits per heavy atom. The lowest BCUT2D eigenvalue weighted by Gasteiger charge is -2.26. The Morgan fingerprint density at radius 1 is 1.47 bits per heavy atom. The lowest BCUT2D eigenvalue weighted by atomic mass is 9.78. The molecule has 0 radical (unpaired) electrons. The van der Waals surface area contributed by atoms with Gasteiger partial charge in [-0.2, -0.15) is 0 Å². The zero-order chi connectivity index (χ0) is 11.1. The van der Waals surface area contributed by atoms with E-state index in [1.165, 1.54) is 0 Å². The number of carboxylic acids is 1. The number of halogens is 1. The fraction of sp³-hybridized carbons (Fsp3) is 0.417. The van der Waals surface area contributed by atoms with Crippen molar-refractivity contribution in [3.05, 3.63) is 34.3 Å². The van der Waals surface area contributed by atoms with Gasteiger partial charge in [0, 0.05) is 4.47 Å². The Bertz CT molecular complexity index is 398. The Hall–Kier alpha value is -0.830. The summed E-state index contributed by atoms with van der Waals surface area (Å²) < 4.78 is 0.891. The molecule has 0 heterocycles. The number of hydrogen-bond acceptors (Lipinski definition) is 1. The monoisotopic (exact) mass is 268 g/mol. The fourth-order valence-electron chi connectivity index (χ4n) is 2.05. The van der Waals surface area contributed by atoms with Gasteiger partial charge >= 0.3 is 5.97 Å². The third-order valence-electron chi connectivity index (χ3n) is 3.27. The van der Waals surface area contributed by atoms with E-state index in [0.717, 1.165) is 22.9 Å². The average Bonchev–Trinajstić information content (AvgIpc) is 3.00. The third-order valence-corrected chi connectivity index (χ3v) is 3.96. The molecule has 1 unspecified atom stereocenters. The molecule has 2 nitrogen and oxygen atoms in total. The van der Waals surface area contributed by atoms with E-state index >= 15 is 0 Å². The molecule has 0 spiro atoms. The number of carbonyl (C=O) groups is 1. The molecular weight excluding hydrogens is 256 g/mol. The standard InChI is InChI=1S/C12H13BrO2/c1-12(11(14)15,8-6-7-8)9-4-2-3-5-10(9)13/h2-5,8H,6-7H2,1H3,(H,14,15). The Balaban J connectivity index is 2.50. The van der Waals surface area contributed by atoms with Crippen LogP contribution in [0.5, 0.6) is 0 Å². The van der Waals surface area contributed by atoms with Gasteiger partial charge in [0.15, 0.2) is 0 Å². The van der Waals surface area contributed by atoms with Crippen molar-refractivity contribution in [1.82, 2.24) is 0 Å². The van der Waals surface area contributed by atoms with Gasteiger partial charge in [0.05, 0.1) is 5.41 Å². The van der Waals surface area contributed by atoms with Gasteiger partial charge in [-0.05, 0) is 37.3 Å². The maximum atomic E-state index is 11.4. The topological polar surface area (TPSA) is 37.3 Å². The van der Waals surface area contributed by atoms with E-state index in [2.05, 4.69) is 15.9 Å². The van der Waals surface area contributed by atoms with Crippen LogP contribution in [-0.4, -0.2) is 11.1 Å². The Kier molecular flexibility index (Phi) is 2.59. The second-order valence-electron chi connectivity index (χ2n) is 4.26. The summed E-state index contributed by atoms with van der Waals surface area (Å²) in [4.78, 5) is 11.4. The minimum Gasteiger partial charge on any atom is -0.481 e. The summed E-state index contributed by atoms with van der Waals surface area (Å²) in [6, 6.07) is 7.60. The van der Waals surface area contributed by atoms with E-state index in [1.54, 1.807) is 0 Å². The minimum absolute atomic E-state index is 0.286. The number of carboxylic acid groups (broad SMARTS) is 1. The molecule has 1 saturated carbocycles. The van der Waals surface area contributed by atoms with Gasteiger partial charge in [0.25, 0.3) is 0 Å². The summed E-state index contributed by atoms with van der Waals surface area (Å²) in [6.45, 7) is 1.83. The van der Waals surface area contributed by atoms with Crippen LogP contribution in [0.3, 0.4) is 0 Å². The van der Waals surface area contributed by atoms with Gasteiger partial charge in [-0.25, -0.2) is 0 Å². The van der Waals surface area contributed by atoms with Crippen LogP contribution in [0.25, 0.3) is 0 Å². The lowest BCUT2D eigenvalue weighted by Crippen LogP contribution is -2.35. The smallest absolute Gasteiger partial charge is 0.314 e. The second kappa shape index (κ2) is 3.63. The van der Waals surface area contributed by atoms with Crippen LogP contribution in [-0.2, 0) is 10.2 Å². The molecule has 0 aromatic heterocycles. The van der Waals surface area contributed by atoms with Gasteiger partial charge in [0.1, 0.15) is 0 Å². The van der Waals surface area contributed by atoms with Crippen LogP contribution >= 0.6 is 15.9 Å². The number of hydrogen-bond donors (Lipinski definition) is 1. The van der Waals surface area contributed by atoms with E-state index in [-0.39, 0.29) is 5.92 Å². The van der Waals surface area contributed by atoms with E-state index in [0.29, 0.717) is 0 Å². The van der Waals surface area contributed by atoms with Gasteiger partial charge in [-0.15, -0.1) is 0 Å². The predicted octanol–water partition coefficient (Wildman–Crippen LogP) is 3.20. The van der Waals surface area contributed by atoms with Crippen LogP contribution in [0, 0.1) is 5.92 Å². The largest absolute Gasteiger partial charge is 0.481 e. The number of rotatable bonds is 3. The molecule has 0 amide bonds. The number of aliphatic carboxylic acids is 1. The predicted molar refractivity (Wildman–Crippen MR) is 61.9 cm³/mol. The molecular formula is C12H13BrO2. The molecule has 0 aliphatic heterocycles. The summed E-state index contributed by atoms with van der Waals surface area (Å²) in [6.07, 6.45) is 2.04. The lowest BCUT2D eigenvalue weighted by molar-refractivity contribution is -0.144. The summed E-state index contributed by atoms with van der Waals surface area (Å²) >= 11 is 3.43. The van der Waals surface area contributed by atoms with E-state index in [4.69, 9.17) is 0 Å². The van der Waals surface area contributed by atoms with Gasteiger partial charge in [-0.3, -0.25) is 4.79 Å². The van der Waals surface area contributed by atoms with Gasteiger partial charge in [0.2, 0.25) is 0 Å². The summed E-state index contributed by atoms with van der Waals surface area (Å²) in [5.41, 5.74) is 0.153. The molecule has 0 bridgehead atoms. The van der Waals surface area contributed by atoms with Crippen LogP contribution in [0.4, 0.5) is 0 Å². The molecule has 15 heavy (non-hydrogen) atoms. The van der Waals surface area contributed by atoms with E-state index in [9.17, 15) is 9.90 Å². The fourth-order valence-corrected chi connectivity index (χ4v) is 2.75. The van der Waals surface area contributed by atoms with Crippen molar-refractivity contribution in [2.45, 2.75) is 25.2 Å². The van der Waals surface area contributed by atoms with Gasteiger partial charge in [-0.1, -0.05) is 34.1 Å². The summed E-state index contributed by atoms with van der Waals surface area (Å²) in [7, 11) is 0. The first kappa shape index (κ1) is 10.7. The Morgan fingerprint density at radius 3 is 2.53 bits per heavy atom. The molecule has 2 rings (SSSR count). The van der Waals surface area contributed by atoms with Crippen molar-refractivity contribution in [2.24, 2.45) is 5.92 Å². The molecule has 1 aromatic carbocycles. The first-order valence-corrected chi connectivity index (χ1v) is 5.84. The SMILES string of the molecule is CC(C(=O)O)(c1ccccc1Br)C1CC1. The summed E-state index contributed by atoms with van der Waals surface area (Å²) in [5, 5.41) is 9.40. The minimum atomic E-state index is -0.736. The molecule has 1 aromatic rings. The third kappa shape index (κ3) is 1.69. The van der Waals surface area contributed by atoms with E-state index < -0.39 is 11.4 Å². The summed E-state index contributed by atoms with van der Waals surface area (Å²) in [5.74, 6) is -0.439. The molecule has 0 saturated heterocycles. The van der Waals surface area contributed by atoms with Crippen LogP contribution in [0.2, 0.25) is 0 Å². The van der Waals surface area contributed by atoms with Crippen molar-refractivity contribution in [1.29, 1.82) is 0 Å². The quantitative estimate of drug-likeness (QED) is 0.914. The van der Waals surface area contributed by atoms with Crippen molar-refractivity contribution in [3.8, 4) is 0 Å². The maximum Gasteiger partial charge on any atom is 0.314 e. The molecule has 1 aliphatic rings. The van der Waals surface area contributed by atoms with Crippen LogP contribution in [0.1, 0.15) is 25.3 Å². The second-order valence-corrected chi connectivity index (χ2v) is 5.12. The molecule has 1 N–H and O–H groups in total. The molecule has 3 heteroatoms. The highest BCUT2D eigenvalue weighted by molar-refractivity contribution is 9.10.